The van der Waals surface area contributed by atoms with Crippen LogP contribution in [0.4, 0.5) is 0 Å². The van der Waals surface area contributed by atoms with Crippen molar-refractivity contribution in [3.63, 3.8) is 0 Å². The fourth-order valence-corrected chi connectivity index (χ4v) is 3.50. The van der Waals surface area contributed by atoms with E-state index in [0.29, 0.717) is 13.1 Å². The number of hydrogen-bond donors (Lipinski definition) is 2. The first-order valence-corrected chi connectivity index (χ1v) is 7.97. The van der Waals surface area contributed by atoms with Crippen molar-refractivity contribution < 1.29 is 4.79 Å². The quantitative estimate of drug-likeness (QED) is 0.867. The normalized spacial score (nSPS) is 21.0. The molecule has 1 fully saturated rings. The minimum absolute atomic E-state index is 0. The number of halogens is 1. The van der Waals surface area contributed by atoms with E-state index in [2.05, 4.69) is 4.98 Å². The van der Waals surface area contributed by atoms with Crippen molar-refractivity contribution in [3.05, 3.63) is 33.2 Å². The Morgan fingerprint density at radius 1 is 1.27 bits per heavy atom. The number of fused-ring (bicyclic) bond motifs is 1. The molecule has 1 atom stereocenters. The van der Waals surface area contributed by atoms with Crippen LogP contribution in [-0.4, -0.2) is 34.9 Å². The Balaban J connectivity index is 0.00000176. The molecule has 2 heterocycles. The van der Waals surface area contributed by atoms with Crippen LogP contribution in [0.2, 0.25) is 0 Å². The number of hydrogen-bond acceptors (Lipinski definition) is 3. The summed E-state index contributed by atoms with van der Waals surface area (Å²) in [6, 6.07) is 1.89. The van der Waals surface area contributed by atoms with Gasteiger partial charge >= 0.3 is 0 Å². The molecular formula is C16H24ClN3O2. The number of nitrogens with zero attached hydrogens (tertiary/aromatic N) is 1. The van der Waals surface area contributed by atoms with Crippen molar-refractivity contribution in [2.24, 2.45) is 5.73 Å². The van der Waals surface area contributed by atoms with E-state index in [9.17, 15) is 9.59 Å². The molecule has 1 unspecified atom stereocenters. The van der Waals surface area contributed by atoms with Gasteiger partial charge in [0.25, 0.3) is 11.5 Å². The molecule has 1 aromatic heterocycles. The zero-order chi connectivity index (χ0) is 14.8. The summed E-state index contributed by atoms with van der Waals surface area (Å²) >= 11 is 0. The first kappa shape index (κ1) is 17.0. The lowest BCUT2D eigenvalue weighted by molar-refractivity contribution is 0.0621. The zero-order valence-electron chi connectivity index (χ0n) is 12.8. The molecule has 2 aliphatic rings. The standard InChI is InChI=1S/C16H23N3O2.ClH/c17-10-12-6-3-4-8-19(12)16(21)13-9-11-5-1-2-7-14(11)18-15(13)20;/h9,12H,1-8,10,17H2,(H,18,20);1H. The van der Waals surface area contributed by atoms with Crippen molar-refractivity contribution in [1.82, 2.24) is 9.88 Å². The van der Waals surface area contributed by atoms with Crippen molar-refractivity contribution in [1.29, 1.82) is 0 Å². The lowest BCUT2D eigenvalue weighted by Gasteiger charge is -2.35. The molecule has 0 radical (unpaired) electrons. The highest BCUT2D eigenvalue weighted by Crippen LogP contribution is 2.21. The third-order valence-corrected chi connectivity index (χ3v) is 4.73. The summed E-state index contributed by atoms with van der Waals surface area (Å²) in [5, 5.41) is 0. The Hall–Kier alpha value is -1.33. The number of pyridine rings is 1. The number of H-pyrrole nitrogens is 1. The fourth-order valence-electron chi connectivity index (χ4n) is 3.50. The minimum atomic E-state index is -0.248. The van der Waals surface area contributed by atoms with E-state index in [1.165, 1.54) is 0 Å². The van der Waals surface area contributed by atoms with E-state index >= 15 is 0 Å². The summed E-state index contributed by atoms with van der Waals surface area (Å²) in [5.74, 6) is -0.153. The molecular weight excluding hydrogens is 302 g/mol. The molecule has 5 nitrogen and oxygen atoms in total. The van der Waals surface area contributed by atoms with Crippen LogP contribution in [-0.2, 0) is 12.8 Å². The Kier molecular flexibility index (Phi) is 5.64. The van der Waals surface area contributed by atoms with Crippen LogP contribution in [0, 0.1) is 0 Å². The number of rotatable bonds is 2. The molecule has 0 aromatic carbocycles. The summed E-state index contributed by atoms with van der Waals surface area (Å²) in [4.78, 5) is 29.7. The van der Waals surface area contributed by atoms with Crippen molar-refractivity contribution in [2.75, 3.05) is 13.1 Å². The predicted molar refractivity (Wildman–Crippen MR) is 88.7 cm³/mol. The molecule has 0 bridgehead atoms. The molecule has 0 spiro atoms. The van der Waals surface area contributed by atoms with Crippen LogP contribution < -0.4 is 11.3 Å². The second-order valence-electron chi connectivity index (χ2n) is 6.11. The highest BCUT2D eigenvalue weighted by molar-refractivity contribution is 5.94. The first-order valence-electron chi connectivity index (χ1n) is 7.97. The number of aromatic amines is 1. The lowest BCUT2D eigenvalue weighted by atomic mass is 9.94. The Morgan fingerprint density at radius 2 is 2.05 bits per heavy atom. The van der Waals surface area contributed by atoms with Gasteiger partial charge in [0.2, 0.25) is 0 Å². The Morgan fingerprint density at radius 3 is 2.82 bits per heavy atom. The molecule has 1 saturated heterocycles. The van der Waals surface area contributed by atoms with Crippen molar-refractivity contribution in [2.45, 2.75) is 51.0 Å². The molecule has 122 valence electrons. The van der Waals surface area contributed by atoms with Crippen LogP contribution in [0.1, 0.15) is 53.7 Å². The molecule has 22 heavy (non-hydrogen) atoms. The van der Waals surface area contributed by atoms with Crippen LogP contribution in [0.15, 0.2) is 10.9 Å². The number of carbonyl (C=O) groups is 1. The summed E-state index contributed by atoms with van der Waals surface area (Å²) in [7, 11) is 0. The van der Waals surface area contributed by atoms with Crippen LogP contribution in [0.3, 0.4) is 0 Å². The van der Waals surface area contributed by atoms with Crippen molar-refractivity contribution in [3.8, 4) is 0 Å². The van der Waals surface area contributed by atoms with Crippen LogP contribution >= 0.6 is 12.4 Å². The van der Waals surface area contributed by atoms with Gasteiger partial charge in [-0.15, -0.1) is 12.4 Å². The van der Waals surface area contributed by atoms with Gasteiger partial charge in [-0.3, -0.25) is 9.59 Å². The summed E-state index contributed by atoms with van der Waals surface area (Å²) < 4.78 is 0. The van der Waals surface area contributed by atoms with Gasteiger partial charge < -0.3 is 15.6 Å². The zero-order valence-corrected chi connectivity index (χ0v) is 13.6. The van der Waals surface area contributed by atoms with E-state index < -0.39 is 0 Å². The maximum atomic E-state index is 12.7. The molecule has 3 N–H and O–H groups in total. The van der Waals surface area contributed by atoms with Crippen LogP contribution in [0.25, 0.3) is 0 Å². The molecule has 3 rings (SSSR count). The number of nitrogens with two attached hydrogens (primary N) is 1. The van der Waals surface area contributed by atoms with E-state index in [1.807, 2.05) is 6.07 Å². The van der Waals surface area contributed by atoms with Crippen molar-refractivity contribution >= 4 is 18.3 Å². The molecule has 0 saturated carbocycles. The van der Waals surface area contributed by atoms with E-state index in [0.717, 1.165) is 56.2 Å². The number of nitrogens with one attached hydrogen (secondary N) is 1. The van der Waals surface area contributed by atoms with Gasteiger partial charge in [0, 0.05) is 24.8 Å². The topological polar surface area (TPSA) is 79.2 Å². The SMILES string of the molecule is Cl.NCC1CCCCN1C(=O)c1cc2c([nH]c1=O)CCCC2. The monoisotopic (exact) mass is 325 g/mol. The average Bonchev–Trinajstić information content (AvgIpc) is 2.53. The van der Waals surface area contributed by atoms with Gasteiger partial charge in [-0.2, -0.15) is 0 Å². The number of carbonyl (C=O) groups excluding carboxylic acids is 1. The number of aromatic nitrogens is 1. The lowest BCUT2D eigenvalue weighted by Crippen LogP contribution is -2.48. The second-order valence-corrected chi connectivity index (χ2v) is 6.11. The van der Waals surface area contributed by atoms with Gasteiger partial charge in [-0.1, -0.05) is 0 Å². The first-order chi connectivity index (χ1) is 10.2. The molecule has 1 aliphatic carbocycles. The average molecular weight is 326 g/mol. The third-order valence-electron chi connectivity index (χ3n) is 4.73. The third kappa shape index (κ3) is 3.20. The smallest absolute Gasteiger partial charge is 0.261 e. The Bertz CT molecular complexity index is 600. The van der Waals surface area contributed by atoms with Gasteiger partial charge in [0.05, 0.1) is 0 Å². The highest BCUT2D eigenvalue weighted by Gasteiger charge is 2.28. The summed E-state index contributed by atoms with van der Waals surface area (Å²) in [6.07, 6.45) is 7.13. The summed E-state index contributed by atoms with van der Waals surface area (Å²) in [5.41, 5.74) is 7.96. The maximum Gasteiger partial charge on any atom is 0.261 e. The van der Waals surface area contributed by atoms with Gasteiger partial charge in [-0.05, 0) is 56.6 Å². The van der Waals surface area contributed by atoms with Gasteiger partial charge in [0.15, 0.2) is 0 Å². The van der Waals surface area contributed by atoms with E-state index in [1.54, 1.807) is 4.90 Å². The van der Waals surface area contributed by atoms with E-state index in [-0.39, 0.29) is 35.5 Å². The highest BCUT2D eigenvalue weighted by atomic mass is 35.5. The minimum Gasteiger partial charge on any atom is -0.334 e. The summed E-state index contributed by atoms with van der Waals surface area (Å²) in [6.45, 7) is 1.17. The molecule has 1 aromatic rings. The Labute approximate surface area is 136 Å². The number of likely N-dealkylation sites (tertiary alicyclic amines) is 1. The predicted octanol–water partition coefficient (Wildman–Crippen LogP) is 1.63. The molecule has 6 heteroatoms. The maximum absolute atomic E-state index is 12.7. The number of aryl methyl sites for hydroxylation is 2. The largest absolute Gasteiger partial charge is 0.334 e. The number of amides is 1. The van der Waals surface area contributed by atoms with Gasteiger partial charge in [0.1, 0.15) is 5.56 Å². The fraction of sp³-hybridized carbons (Fsp3) is 0.625. The number of piperidine rings is 1. The molecule has 1 amide bonds. The second kappa shape index (κ2) is 7.29. The van der Waals surface area contributed by atoms with Crippen LogP contribution in [0.5, 0.6) is 0 Å². The van der Waals surface area contributed by atoms with E-state index in [4.69, 9.17) is 5.73 Å². The van der Waals surface area contributed by atoms with Gasteiger partial charge in [-0.25, -0.2) is 0 Å². The molecule has 1 aliphatic heterocycles.